The van der Waals surface area contributed by atoms with Crippen molar-refractivity contribution >= 4 is 23.6 Å². The summed E-state index contributed by atoms with van der Waals surface area (Å²) in [5.74, 6) is 0. The maximum absolute atomic E-state index is 6.93. The highest BCUT2D eigenvalue weighted by Crippen LogP contribution is 2.35. The van der Waals surface area contributed by atoms with E-state index in [9.17, 15) is 0 Å². The second-order valence-electron chi connectivity index (χ2n) is 4.94. The molecule has 0 nitrogen and oxygen atoms in total. The van der Waals surface area contributed by atoms with Gasteiger partial charge in [-0.2, -0.15) is 11.1 Å². The first-order chi connectivity index (χ1) is 6.89. The minimum atomic E-state index is -1.83. The number of rotatable bonds is 3. The lowest BCUT2D eigenvalue weighted by molar-refractivity contribution is 0.940. The number of aryl methyl sites for hydroxylation is 1. The van der Waals surface area contributed by atoms with Crippen LogP contribution in [0.3, 0.4) is 0 Å². The summed E-state index contributed by atoms with van der Waals surface area (Å²) < 4.78 is 0. The predicted octanol–water partition coefficient (Wildman–Crippen LogP) is 4.21. The summed E-state index contributed by atoms with van der Waals surface area (Å²) in [4.78, 5) is 0. The molecule has 15 heavy (non-hydrogen) atoms. The number of halogens is 1. The fourth-order valence-electron chi connectivity index (χ4n) is 2.14. The van der Waals surface area contributed by atoms with Gasteiger partial charge < -0.3 is 0 Å². The van der Waals surface area contributed by atoms with E-state index in [4.69, 9.17) is 11.1 Å². The van der Waals surface area contributed by atoms with Crippen LogP contribution in [0.2, 0.25) is 11.1 Å². The fourth-order valence-corrected chi connectivity index (χ4v) is 5.86. The van der Waals surface area contributed by atoms with Gasteiger partial charge in [0.15, 0.2) is 7.38 Å². The van der Waals surface area contributed by atoms with Gasteiger partial charge in [-0.3, -0.25) is 0 Å². The van der Waals surface area contributed by atoms with Gasteiger partial charge in [0.05, 0.1) is 0 Å². The molecule has 0 fully saturated rings. The molecule has 0 saturated carbocycles. The minimum Gasteiger partial charge on any atom is -0.160 e. The van der Waals surface area contributed by atoms with Crippen molar-refractivity contribution in [1.29, 1.82) is 0 Å². The monoisotopic (exact) mass is 240 g/mol. The smallest absolute Gasteiger partial charge is 0.160 e. The van der Waals surface area contributed by atoms with E-state index in [-0.39, 0.29) is 0 Å². The zero-order valence-electron chi connectivity index (χ0n) is 10.3. The third-order valence-electron chi connectivity index (χ3n) is 3.17. The Hall–Kier alpha value is -0.273. The molecule has 1 rings (SSSR count). The molecular weight excluding hydrogens is 220 g/mol. The van der Waals surface area contributed by atoms with Gasteiger partial charge in [0.1, 0.15) is 0 Å². The van der Waals surface area contributed by atoms with E-state index in [1.54, 1.807) is 0 Å². The van der Waals surface area contributed by atoms with Crippen molar-refractivity contribution in [3.63, 3.8) is 0 Å². The van der Waals surface area contributed by atoms with Gasteiger partial charge >= 0.3 is 0 Å². The lowest BCUT2D eigenvalue weighted by Crippen LogP contribution is -2.47. The molecule has 0 spiro atoms. The van der Waals surface area contributed by atoms with Crippen molar-refractivity contribution in [2.45, 2.75) is 45.7 Å². The summed E-state index contributed by atoms with van der Waals surface area (Å²) in [6, 6.07) is 8.78. The third kappa shape index (κ3) is 2.46. The van der Waals surface area contributed by atoms with Crippen LogP contribution < -0.4 is 5.19 Å². The highest BCUT2D eigenvalue weighted by atomic mass is 35.6. The van der Waals surface area contributed by atoms with Gasteiger partial charge in [0.2, 0.25) is 0 Å². The average molecular weight is 241 g/mol. The van der Waals surface area contributed by atoms with Crippen molar-refractivity contribution in [1.82, 2.24) is 0 Å². The van der Waals surface area contributed by atoms with Crippen LogP contribution in [0.5, 0.6) is 0 Å². The maximum Gasteiger partial charge on any atom is 0.191 e. The van der Waals surface area contributed by atoms with Crippen LogP contribution in [0.1, 0.15) is 33.3 Å². The molecule has 0 aliphatic carbocycles. The predicted molar refractivity (Wildman–Crippen MR) is 72.6 cm³/mol. The van der Waals surface area contributed by atoms with Crippen LogP contribution in [0.4, 0.5) is 0 Å². The summed E-state index contributed by atoms with van der Waals surface area (Å²) in [5, 5.41) is 1.37. The first kappa shape index (κ1) is 12.8. The first-order valence-corrected chi connectivity index (χ1v) is 8.81. The molecule has 0 aliphatic heterocycles. The molecule has 0 aliphatic rings. The second kappa shape index (κ2) is 4.71. The largest absolute Gasteiger partial charge is 0.191 e. The lowest BCUT2D eigenvalue weighted by Gasteiger charge is -2.33. The fraction of sp³-hybridized carbons (Fsp3) is 0.538. The Kier molecular flexibility index (Phi) is 4.02. The van der Waals surface area contributed by atoms with Crippen LogP contribution in [0.25, 0.3) is 0 Å². The van der Waals surface area contributed by atoms with E-state index in [0.29, 0.717) is 11.1 Å². The maximum atomic E-state index is 6.93. The molecule has 0 atom stereocenters. The molecule has 84 valence electrons. The standard InChI is InChI=1S/C13H21ClSi/c1-10(2)15(14,11(3)4)13-8-6-12(5)7-9-13/h6-11H,1-5H3. The number of hydrogen-bond donors (Lipinski definition) is 0. The Labute approximate surface area is 99.4 Å². The molecule has 0 saturated heterocycles. The topological polar surface area (TPSA) is 0 Å². The molecule has 0 aromatic heterocycles. The molecule has 1 aromatic carbocycles. The molecular formula is C13H21ClSi. The van der Waals surface area contributed by atoms with Crippen molar-refractivity contribution in [2.24, 2.45) is 0 Å². The van der Waals surface area contributed by atoms with Gasteiger partial charge in [0.25, 0.3) is 0 Å². The molecule has 1 aromatic rings. The summed E-state index contributed by atoms with van der Waals surface area (Å²) in [7, 11) is -1.83. The highest BCUT2D eigenvalue weighted by molar-refractivity contribution is 7.28. The number of hydrogen-bond acceptors (Lipinski definition) is 0. The lowest BCUT2D eigenvalue weighted by atomic mass is 10.2. The Morgan fingerprint density at radius 1 is 0.933 bits per heavy atom. The van der Waals surface area contributed by atoms with Gasteiger partial charge in [-0.05, 0) is 23.2 Å². The van der Waals surface area contributed by atoms with E-state index in [1.807, 2.05) is 0 Å². The Balaban J connectivity index is 3.16. The summed E-state index contributed by atoms with van der Waals surface area (Å²) in [6.07, 6.45) is 0. The normalized spacial score (nSPS) is 12.5. The van der Waals surface area contributed by atoms with E-state index in [1.165, 1.54) is 10.8 Å². The van der Waals surface area contributed by atoms with Crippen LogP contribution in [0, 0.1) is 6.92 Å². The zero-order valence-corrected chi connectivity index (χ0v) is 12.1. The van der Waals surface area contributed by atoms with Gasteiger partial charge in [-0.1, -0.05) is 57.5 Å². The summed E-state index contributed by atoms with van der Waals surface area (Å²) in [5.41, 5.74) is 2.45. The molecule has 0 bridgehead atoms. The SMILES string of the molecule is Cc1ccc([Si](Cl)(C(C)C)C(C)C)cc1. The molecule has 0 amide bonds. The quantitative estimate of drug-likeness (QED) is 0.549. The van der Waals surface area contributed by atoms with E-state index in [2.05, 4.69) is 58.9 Å². The molecule has 0 radical (unpaired) electrons. The van der Waals surface area contributed by atoms with Crippen molar-refractivity contribution in [2.75, 3.05) is 0 Å². The van der Waals surface area contributed by atoms with Crippen LogP contribution >= 0.6 is 11.1 Å². The molecule has 0 N–H and O–H groups in total. The Morgan fingerprint density at radius 3 is 1.67 bits per heavy atom. The molecule has 2 heteroatoms. The van der Waals surface area contributed by atoms with Crippen LogP contribution in [0.15, 0.2) is 24.3 Å². The number of benzene rings is 1. The summed E-state index contributed by atoms with van der Waals surface area (Å²) >= 11 is 6.93. The minimum absolute atomic E-state index is 0.571. The van der Waals surface area contributed by atoms with Crippen LogP contribution in [-0.4, -0.2) is 7.38 Å². The Bertz CT molecular complexity index is 306. The van der Waals surface area contributed by atoms with Crippen LogP contribution in [-0.2, 0) is 0 Å². The van der Waals surface area contributed by atoms with Crippen molar-refractivity contribution < 1.29 is 0 Å². The van der Waals surface area contributed by atoms with E-state index >= 15 is 0 Å². The zero-order chi connectivity index (χ0) is 11.6. The van der Waals surface area contributed by atoms with Crippen molar-refractivity contribution in [3.8, 4) is 0 Å². The van der Waals surface area contributed by atoms with Gasteiger partial charge in [-0.15, -0.1) is 0 Å². The van der Waals surface area contributed by atoms with Gasteiger partial charge in [-0.25, -0.2) is 0 Å². The van der Waals surface area contributed by atoms with Gasteiger partial charge in [0, 0.05) is 0 Å². The molecule has 0 unspecified atom stereocenters. The second-order valence-corrected chi connectivity index (χ2v) is 11.2. The Morgan fingerprint density at radius 2 is 1.33 bits per heavy atom. The van der Waals surface area contributed by atoms with E-state index < -0.39 is 7.38 Å². The first-order valence-electron chi connectivity index (χ1n) is 5.65. The van der Waals surface area contributed by atoms with Crippen molar-refractivity contribution in [3.05, 3.63) is 29.8 Å². The molecule has 0 heterocycles. The highest BCUT2D eigenvalue weighted by Gasteiger charge is 2.39. The average Bonchev–Trinajstić information content (AvgIpc) is 2.17. The summed E-state index contributed by atoms with van der Waals surface area (Å²) in [6.45, 7) is 11.1. The third-order valence-corrected chi connectivity index (χ3v) is 11.0. The van der Waals surface area contributed by atoms with E-state index in [0.717, 1.165) is 0 Å².